The summed E-state index contributed by atoms with van der Waals surface area (Å²) >= 11 is 1.46. The molecule has 1 atom stereocenters. The molecule has 2 aromatic heterocycles. The Morgan fingerprint density at radius 1 is 0.950 bits per heavy atom. The van der Waals surface area contributed by atoms with Gasteiger partial charge in [-0.25, -0.2) is 14.8 Å². The summed E-state index contributed by atoms with van der Waals surface area (Å²) in [4.78, 5) is 56.1. The predicted octanol–water partition coefficient (Wildman–Crippen LogP) is 1.06. The Morgan fingerprint density at radius 2 is 1.65 bits per heavy atom. The highest BCUT2D eigenvalue weighted by Gasteiger charge is 2.20. The van der Waals surface area contributed by atoms with Crippen LogP contribution in [0.2, 0.25) is 0 Å². The number of carbonyl (C=O) groups is 4. The third kappa shape index (κ3) is 10.4. The van der Waals surface area contributed by atoms with Crippen LogP contribution in [-0.2, 0) is 32.1 Å². The van der Waals surface area contributed by atoms with Crippen molar-refractivity contribution >= 4 is 35.5 Å². The molecule has 0 saturated carbocycles. The number of thioether (sulfide) groups is 1. The normalized spacial score (nSPS) is 11.4. The molecule has 3 aromatic rings. The van der Waals surface area contributed by atoms with Gasteiger partial charge in [0.15, 0.2) is 5.16 Å². The lowest BCUT2D eigenvalue weighted by atomic mass is 10.1. The van der Waals surface area contributed by atoms with Crippen LogP contribution in [0.4, 0.5) is 0 Å². The lowest BCUT2D eigenvalue weighted by Crippen LogP contribution is -2.47. The maximum Gasteiger partial charge on any atom is 0.326 e. The SMILES string of the molecule is CSc1ncc(-c2cn(CCCCCC(=O)NCC(=O)NCC(=O)N[C@@H](Cc3ccccc3)C(=O)O)nn2)cn1. The fraction of sp³-hybridized carbons (Fsp3) is 0.385. The molecular weight excluding hydrogens is 536 g/mol. The zero-order valence-electron chi connectivity index (χ0n) is 22.1. The lowest BCUT2D eigenvalue weighted by Gasteiger charge is -2.15. The number of aliphatic carboxylic acids is 1. The molecule has 0 bridgehead atoms. The number of aryl methyl sites for hydroxylation is 1. The zero-order chi connectivity index (χ0) is 28.7. The molecule has 1 aromatic carbocycles. The van der Waals surface area contributed by atoms with Crippen molar-refractivity contribution in [2.45, 2.75) is 49.8 Å². The van der Waals surface area contributed by atoms with E-state index in [9.17, 15) is 24.3 Å². The number of unbranched alkanes of at least 4 members (excludes halogenated alkanes) is 2. The van der Waals surface area contributed by atoms with Gasteiger partial charge in [-0.2, -0.15) is 0 Å². The van der Waals surface area contributed by atoms with Crippen molar-refractivity contribution in [2.24, 2.45) is 0 Å². The molecule has 0 radical (unpaired) electrons. The summed E-state index contributed by atoms with van der Waals surface area (Å²) in [5, 5.41) is 25.6. The first kappa shape index (κ1) is 30.2. The molecule has 0 aliphatic carbocycles. The van der Waals surface area contributed by atoms with Crippen molar-refractivity contribution < 1.29 is 24.3 Å². The Hall–Kier alpha value is -4.33. The van der Waals surface area contributed by atoms with Gasteiger partial charge in [0.2, 0.25) is 17.7 Å². The van der Waals surface area contributed by atoms with Gasteiger partial charge in [0.25, 0.3) is 0 Å². The first-order valence-electron chi connectivity index (χ1n) is 12.7. The second kappa shape index (κ2) is 15.9. The van der Waals surface area contributed by atoms with Crippen LogP contribution in [0.15, 0.2) is 54.1 Å². The number of rotatable bonds is 16. The fourth-order valence-corrected chi connectivity index (χ4v) is 3.95. The number of carboxylic acid groups (broad SMARTS) is 1. The molecule has 0 aliphatic heterocycles. The van der Waals surface area contributed by atoms with E-state index in [0.717, 1.165) is 24.0 Å². The van der Waals surface area contributed by atoms with Gasteiger partial charge in [-0.05, 0) is 24.7 Å². The minimum Gasteiger partial charge on any atom is -0.480 e. The van der Waals surface area contributed by atoms with Gasteiger partial charge < -0.3 is 21.1 Å². The van der Waals surface area contributed by atoms with E-state index >= 15 is 0 Å². The number of hydrogen-bond donors (Lipinski definition) is 4. The zero-order valence-corrected chi connectivity index (χ0v) is 22.9. The van der Waals surface area contributed by atoms with E-state index in [1.54, 1.807) is 41.3 Å². The summed E-state index contributed by atoms with van der Waals surface area (Å²) in [5.74, 6) is -2.63. The van der Waals surface area contributed by atoms with Gasteiger partial charge in [-0.3, -0.25) is 19.1 Å². The number of amides is 3. The highest BCUT2D eigenvalue weighted by atomic mass is 32.2. The maximum absolute atomic E-state index is 12.1. The average Bonchev–Trinajstić information content (AvgIpc) is 3.44. The van der Waals surface area contributed by atoms with Gasteiger partial charge in [0.1, 0.15) is 11.7 Å². The molecule has 13 nitrogen and oxygen atoms in total. The Bertz CT molecular complexity index is 1270. The van der Waals surface area contributed by atoms with E-state index in [-0.39, 0.29) is 25.3 Å². The molecule has 212 valence electrons. The second-order valence-corrected chi connectivity index (χ2v) is 9.61. The van der Waals surface area contributed by atoms with Crippen molar-refractivity contribution in [1.82, 2.24) is 40.9 Å². The van der Waals surface area contributed by atoms with Crippen LogP contribution in [0.5, 0.6) is 0 Å². The molecular formula is C26H32N8O5S. The smallest absolute Gasteiger partial charge is 0.326 e. The highest BCUT2D eigenvalue weighted by molar-refractivity contribution is 7.98. The van der Waals surface area contributed by atoms with E-state index in [0.29, 0.717) is 23.8 Å². The van der Waals surface area contributed by atoms with Gasteiger partial charge in [0.05, 0.1) is 19.3 Å². The molecule has 0 aliphatic rings. The Morgan fingerprint density at radius 3 is 2.35 bits per heavy atom. The molecule has 14 heteroatoms. The van der Waals surface area contributed by atoms with Crippen LogP contribution in [0.25, 0.3) is 11.3 Å². The number of nitrogens with zero attached hydrogens (tertiary/aromatic N) is 5. The first-order valence-corrected chi connectivity index (χ1v) is 13.9. The topological polar surface area (TPSA) is 181 Å². The molecule has 2 heterocycles. The van der Waals surface area contributed by atoms with E-state index in [4.69, 9.17) is 0 Å². The Labute approximate surface area is 235 Å². The molecule has 4 N–H and O–H groups in total. The quantitative estimate of drug-likeness (QED) is 0.111. The largest absolute Gasteiger partial charge is 0.480 e. The fourth-order valence-electron chi connectivity index (χ4n) is 3.63. The molecule has 0 spiro atoms. The Balaban J connectivity index is 1.25. The second-order valence-electron chi connectivity index (χ2n) is 8.84. The number of nitrogens with one attached hydrogen (secondary N) is 3. The summed E-state index contributed by atoms with van der Waals surface area (Å²) in [7, 11) is 0. The minimum atomic E-state index is -1.17. The molecule has 3 amide bonds. The first-order chi connectivity index (χ1) is 19.3. The van der Waals surface area contributed by atoms with Crippen LogP contribution in [0.1, 0.15) is 31.2 Å². The van der Waals surface area contributed by atoms with Crippen molar-refractivity contribution in [3.05, 3.63) is 54.5 Å². The third-order valence-corrected chi connectivity index (χ3v) is 6.32. The summed E-state index contributed by atoms with van der Waals surface area (Å²) in [6, 6.07) is 7.78. The van der Waals surface area contributed by atoms with Crippen molar-refractivity contribution in [1.29, 1.82) is 0 Å². The van der Waals surface area contributed by atoms with Crippen LogP contribution in [0, 0.1) is 0 Å². The molecule has 0 fully saturated rings. The highest BCUT2D eigenvalue weighted by Crippen LogP contribution is 2.16. The van der Waals surface area contributed by atoms with Crippen LogP contribution >= 0.6 is 11.8 Å². The Kier molecular flexibility index (Phi) is 12.0. The number of hydrogen-bond acceptors (Lipinski definition) is 9. The average molecular weight is 569 g/mol. The van der Waals surface area contributed by atoms with Crippen LogP contribution in [0.3, 0.4) is 0 Å². The van der Waals surface area contributed by atoms with Gasteiger partial charge in [-0.1, -0.05) is 53.7 Å². The number of carboxylic acids is 1. The van der Waals surface area contributed by atoms with Crippen LogP contribution in [-0.4, -0.2) is 79.1 Å². The maximum atomic E-state index is 12.1. The van der Waals surface area contributed by atoms with Crippen molar-refractivity contribution in [2.75, 3.05) is 19.3 Å². The number of benzene rings is 1. The van der Waals surface area contributed by atoms with Gasteiger partial charge >= 0.3 is 5.97 Å². The lowest BCUT2D eigenvalue weighted by molar-refractivity contribution is -0.141. The summed E-state index contributed by atoms with van der Waals surface area (Å²) in [6.07, 6.45) is 9.76. The molecule has 3 rings (SSSR count). The standard InChI is InChI=1S/C26H32N8O5S/c1-40-26-29-13-19(14-30-26)21-17-34(33-32-21)11-7-3-6-10-22(35)27-15-23(36)28-16-24(37)31-20(25(38)39)12-18-8-4-2-5-9-18/h2,4-5,8-9,13-14,17,20H,3,6-7,10-12,15-16H2,1H3,(H,27,35)(H,28,36)(H,31,37)(H,38,39)/t20-/m0/s1. The van der Waals surface area contributed by atoms with E-state index in [1.165, 1.54) is 11.8 Å². The predicted molar refractivity (Wildman–Crippen MR) is 147 cm³/mol. The third-order valence-electron chi connectivity index (χ3n) is 5.74. The molecule has 40 heavy (non-hydrogen) atoms. The minimum absolute atomic E-state index is 0.119. The van der Waals surface area contributed by atoms with Crippen molar-refractivity contribution in [3.63, 3.8) is 0 Å². The van der Waals surface area contributed by atoms with E-state index in [1.807, 2.05) is 18.5 Å². The number of aromatic nitrogens is 5. The van der Waals surface area contributed by atoms with E-state index < -0.39 is 30.4 Å². The molecule has 0 saturated heterocycles. The summed E-state index contributed by atoms with van der Waals surface area (Å²) in [5.41, 5.74) is 2.24. The van der Waals surface area contributed by atoms with Gasteiger partial charge in [-0.15, -0.1) is 5.10 Å². The van der Waals surface area contributed by atoms with Crippen LogP contribution < -0.4 is 16.0 Å². The molecule has 0 unspecified atom stereocenters. The monoisotopic (exact) mass is 568 g/mol. The van der Waals surface area contributed by atoms with Gasteiger partial charge in [0, 0.05) is 37.3 Å². The van der Waals surface area contributed by atoms with E-state index in [2.05, 4.69) is 36.2 Å². The number of carbonyl (C=O) groups excluding carboxylic acids is 3. The van der Waals surface area contributed by atoms with Crippen molar-refractivity contribution in [3.8, 4) is 11.3 Å². The summed E-state index contributed by atoms with van der Waals surface area (Å²) in [6.45, 7) is -0.0216. The summed E-state index contributed by atoms with van der Waals surface area (Å²) < 4.78 is 1.73.